The number of anilines is 1. The molecule has 0 radical (unpaired) electrons. The van der Waals surface area contributed by atoms with Crippen LogP contribution in [-0.4, -0.2) is 18.4 Å². The average molecular weight is 453 g/mol. The minimum absolute atomic E-state index is 0.155. The molecule has 5 nitrogen and oxygen atoms in total. The van der Waals surface area contributed by atoms with Gasteiger partial charge in [0.2, 0.25) is 0 Å². The quantitative estimate of drug-likeness (QED) is 0.532. The third kappa shape index (κ3) is 5.93. The summed E-state index contributed by atoms with van der Waals surface area (Å²) in [6.45, 7) is 1.76. The second-order valence-electron chi connectivity index (χ2n) is 6.44. The third-order valence-corrected chi connectivity index (χ3v) is 4.81. The molecule has 0 bridgehead atoms. The summed E-state index contributed by atoms with van der Waals surface area (Å²) in [5, 5.41) is 5.72. The molecule has 1 atom stereocenters. The van der Waals surface area contributed by atoms with Gasteiger partial charge >= 0.3 is 0 Å². The van der Waals surface area contributed by atoms with Crippen molar-refractivity contribution in [1.82, 2.24) is 5.32 Å². The number of amides is 2. The van der Waals surface area contributed by atoms with Crippen LogP contribution in [0.5, 0.6) is 5.75 Å². The number of nitrogens with one attached hydrogen (secondary N) is 2. The first kappa shape index (κ1) is 20.6. The lowest BCUT2D eigenvalue weighted by Crippen LogP contribution is -2.28. The van der Waals surface area contributed by atoms with Gasteiger partial charge in [0.05, 0.1) is 17.3 Å². The molecule has 6 heteroatoms. The van der Waals surface area contributed by atoms with Gasteiger partial charge in [0.1, 0.15) is 5.75 Å². The van der Waals surface area contributed by atoms with E-state index in [1.165, 1.54) is 0 Å². The number of hydrogen-bond donors (Lipinski definition) is 2. The summed E-state index contributed by atoms with van der Waals surface area (Å²) in [5.41, 5.74) is 1.84. The van der Waals surface area contributed by atoms with Gasteiger partial charge in [-0.1, -0.05) is 58.4 Å². The van der Waals surface area contributed by atoms with Crippen LogP contribution >= 0.6 is 15.9 Å². The highest BCUT2D eigenvalue weighted by Gasteiger charge is 2.16. The number of carbonyl (C=O) groups is 2. The lowest BCUT2D eigenvalue weighted by atomic mass is 10.1. The molecule has 0 saturated heterocycles. The van der Waals surface area contributed by atoms with E-state index in [1.54, 1.807) is 36.4 Å². The molecule has 3 aromatic carbocycles. The zero-order chi connectivity index (χ0) is 20.6. The normalized spacial score (nSPS) is 11.4. The van der Waals surface area contributed by atoms with Crippen molar-refractivity contribution in [2.75, 3.05) is 11.9 Å². The van der Waals surface area contributed by atoms with Crippen LogP contribution in [0.4, 0.5) is 5.69 Å². The number of rotatable bonds is 7. The Morgan fingerprint density at radius 3 is 2.31 bits per heavy atom. The average Bonchev–Trinajstić information content (AvgIpc) is 2.74. The maximum Gasteiger partial charge on any atom is 0.262 e. The van der Waals surface area contributed by atoms with E-state index in [4.69, 9.17) is 4.74 Å². The van der Waals surface area contributed by atoms with Gasteiger partial charge in [0.25, 0.3) is 11.8 Å². The molecule has 0 heterocycles. The van der Waals surface area contributed by atoms with Gasteiger partial charge in [-0.25, -0.2) is 0 Å². The van der Waals surface area contributed by atoms with Crippen molar-refractivity contribution in [3.05, 3.63) is 94.5 Å². The number of benzene rings is 3. The Bertz CT molecular complexity index is 975. The molecular formula is C23H21BrN2O3. The molecule has 3 aromatic rings. The molecule has 0 saturated carbocycles. The first-order valence-electron chi connectivity index (χ1n) is 9.16. The van der Waals surface area contributed by atoms with E-state index >= 15 is 0 Å². The first-order valence-corrected chi connectivity index (χ1v) is 9.95. The van der Waals surface area contributed by atoms with Crippen LogP contribution in [0.2, 0.25) is 0 Å². The predicted molar refractivity (Wildman–Crippen MR) is 117 cm³/mol. The molecule has 0 aliphatic heterocycles. The van der Waals surface area contributed by atoms with Crippen LogP contribution in [-0.2, 0) is 4.79 Å². The number of hydrogen-bond acceptors (Lipinski definition) is 3. The topological polar surface area (TPSA) is 67.4 Å². The Morgan fingerprint density at radius 2 is 1.59 bits per heavy atom. The van der Waals surface area contributed by atoms with E-state index in [0.717, 1.165) is 10.0 Å². The summed E-state index contributed by atoms with van der Waals surface area (Å²) in [7, 11) is 0. The molecule has 0 fully saturated rings. The largest absolute Gasteiger partial charge is 0.484 e. The molecule has 0 unspecified atom stereocenters. The second-order valence-corrected chi connectivity index (χ2v) is 7.36. The molecule has 0 aromatic heterocycles. The minimum atomic E-state index is -0.343. The van der Waals surface area contributed by atoms with Gasteiger partial charge in [-0.15, -0.1) is 0 Å². The van der Waals surface area contributed by atoms with Crippen LogP contribution in [0.1, 0.15) is 28.9 Å². The van der Waals surface area contributed by atoms with E-state index in [-0.39, 0.29) is 24.5 Å². The van der Waals surface area contributed by atoms with Crippen LogP contribution < -0.4 is 15.4 Å². The summed E-state index contributed by atoms with van der Waals surface area (Å²) in [5.74, 6) is -0.0126. The standard InChI is InChI=1S/C23H21BrN2O3/c1-16(17-7-3-2-4-8-17)25-23(28)20-9-5-6-10-21(20)26-22(27)15-29-19-13-11-18(24)12-14-19/h2-14,16H,15H2,1H3,(H,25,28)(H,26,27)/t16-/m1/s1. The molecule has 29 heavy (non-hydrogen) atoms. The fourth-order valence-electron chi connectivity index (χ4n) is 2.76. The maximum absolute atomic E-state index is 12.7. The summed E-state index contributed by atoms with van der Waals surface area (Å²) < 4.78 is 6.41. The van der Waals surface area contributed by atoms with Gasteiger partial charge in [-0.05, 0) is 48.9 Å². The van der Waals surface area contributed by atoms with Gasteiger partial charge in [0, 0.05) is 4.47 Å². The van der Waals surface area contributed by atoms with Crippen molar-refractivity contribution in [1.29, 1.82) is 0 Å². The molecule has 0 aliphatic carbocycles. The van der Waals surface area contributed by atoms with E-state index in [0.29, 0.717) is 17.0 Å². The Labute approximate surface area is 178 Å². The fourth-order valence-corrected chi connectivity index (χ4v) is 3.02. The van der Waals surface area contributed by atoms with Gasteiger partial charge < -0.3 is 15.4 Å². The first-order chi connectivity index (χ1) is 14.0. The minimum Gasteiger partial charge on any atom is -0.484 e. The van der Waals surface area contributed by atoms with E-state index < -0.39 is 0 Å². The Morgan fingerprint density at radius 1 is 0.931 bits per heavy atom. The van der Waals surface area contributed by atoms with Gasteiger partial charge in [-0.3, -0.25) is 9.59 Å². The highest BCUT2D eigenvalue weighted by atomic mass is 79.9. The summed E-state index contributed by atoms with van der Waals surface area (Å²) in [6, 6.07) is 23.6. The Balaban J connectivity index is 1.62. The molecule has 0 spiro atoms. The fraction of sp³-hybridized carbons (Fsp3) is 0.130. The predicted octanol–water partition coefficient (Wildman–Crippen LogP) is 4.96. The zero-order valence-corrected chi connectivity index (χ0v) is 17.5. The molecule has 0 aliphatic rings. The highest BCUT2D eigenvalue weighted by molar-refractivity contribution is 9.10. The van der Waals surface area contributed by atoms with Crippen LogP contribution in [0.3, 0.4) is 0 Å². The molecule has 148 valence electrons. The highest BCUT2D eigenvalue weighted by Crippen LogP contribution is 2.19. The summed E-state index contributed by atoms with van der Waals surface area (Å²) >= 11 is 3.35. The maximum atomic E-state index is 12.7. The second kappa shape index (κ2) is 9.89. The van der Waals surface area contributed by atoms with Crippen molar-refractivity contribution >= 4 is 33.4 Å². The van der Waals surface area contributed by atoms with Crippen LogP contribution in [0, 0.1) is 0 Å². The zero-order valence-electron chi connectivity index (χ0n) is 15.9. The number of para-hydroxylation sites is 1. The molecule has 2 N–H and O–H groups in total. The number of carbonyl (C=O) groups excluding carboxylic acids is 2. The van der Waals surface area contributed by atoms with Crippen LogP contribution in [0.15, 0.2) is 83.3 Å². The third-order valence-electron chi connectivity index (χ3n) is 4.28. The van der Waals surface area contributed by atoms with Crippen molar-refractivity contribution in [2.24, 2.45) is 0 Å². The van der Waals surface area contributed by atoms with Gasteiger partial charge in [0.15, 0.2) is 6.61 Å². The van der Waals surface area contributed by atoms with Gasteiger partial charge in [-0.2, -0.15) is 0 Å². The monoisotopic (exact) mass is 452 g/mol. The SMILES string of the molecule is C[C@@H](NC(=O)c1ccccc1NC(=O)COc1ccc(Br)cc1)c1ccccc1. The van der Waals surface area contributed by atoms with E-state index in [1.807, 2.05) is 49.4 Å². The Kier molecular flexibility index (Phi) is 7.03. The lowest BCUT2D eigenvalue weighted by Gasteiger charge is -2.16. The molecule has 2 amide bonds. The lowest BCUT2D eigenvalue weighted by molar-refractivity contribution is -0.118. The van der Waals surface area contributed by atoms with Crippen LogP contribution in [0.25, 0.3) is 0 Å². The summed E-state index contributed by atoms with van der Waals surface area (Å²) in [4.78, 5) is 25.0. The molecular weight excluding hydrogens is 432 g/mol. The summed E-state index contributed by atoms with van der Waals surface area (Å²) in [6.07, 6.45) is 0. The molecule has 3 rings (SSSR count). The van der Waals surface area contributed by atoms with Crippen molar-refractivity contribution in [2.45, 2.75) is 13.0 Å². The van der Waals surface area contributed by atoms with Crippen molar-refractivity contribution < 1.29 is 14.3 Å². The van der Waals surface area contributed by atoms with Crippen molar-refractivity contribution in [3.63, 3.8) is 0 Å². The number of ether oxygens (including phenoxy) is 1. The smallest absolute Gasteiger partial charge is 0.262 e. The van der Waals surface area contributed by atoms with E-state index in [9.17, 15) is 9.59 Å². The van der Waals surface area contributed by atoms with Crippen molar-refractivity contribution in [3.8, 4) is 5.75 Å². The van der Waals surface area contributed by atoms with E-state index in [2.05, 4.69) is 26.6 Å². The Hall–Kier alpha value is -3.12. The number of halogens is 1.